The first-order valence-corrected chi connectivity index (χ1v) is 7.39. The van der Waals surface area contributed by atoms with Gasteiger partial charge < -0.3 is 4.74 Å². The summed E-state index contributed by atoms with van der Waals surface area (Å²) in [4.78, 5) is 11.7. The molecule has 1 heterocycles. The summed E-state index contributed by atoms with van der Waals surface area (Å²) in [6.45, 7) is 0.676. The molecule has 2 nitrogen and oxygen atoms in total. The standard InChI is InChI=1S/C15H22O2/c16-14-13(1-2-17-14)9-15-6-10-3-11(7-15)5-12(4-10)8-15/h10-13H,1-9H2. The second-order valence-corrected chi connectivity index (χ2v) is 7.27. The van der Waals surface area contributed by atoms with E-state index in [0.29, 0.717) is 12.0 Å². The van der Waals surface area contributed by atoms with Crippen LogP contribution in [0.25, 0.3) is 0 Å². The lowest BCUT2D eigenvalue weighted by Crippen LogP contribution is -2.47. The van der Waals surface area contributed by atoms with Gasteiger partial charge in [0.25, 0.3) is 0 Å². The molecule has 1 saturated heterocycles. The van der Waals surface area contributed by atoms with Crippen LogP contribution in [0, 0.1) is 29.1 Å². The Labute approximate surface area is 103 Å². The minimum absolute atomic E-state index is 0.0979. The molecule has 0 amide bonds. The minimum Gasteiger partial charge on any atom is -0.465 e. The lowest BCUT2D eigenvalue weighted by molar-refractivity contribution is -0.144. The first-order chi connectivity index (χ1) is 8.22. The minimum atomic E-state index is 0.0979. The summed E-state index contributed by atoms with van der Waals surface area (Å²) in [5.41, 5.74) is 0.544. The number of ether oxygens (including phenoxy) is 1. The maximum atomic E-state index is 11.7. The third kappa shape index (κ3) is 1.63. The number of carbonyl (C=O) groups excluding carboxylic acids is 1. The smallest absolute Gasteiger partial charge is 0.309 e. The van der Waals surface area contributed by atoms with E-state index in [2.05, 4.69) is 0 Å². The van der Waals surface area contributed by atoms with Crippen molar-refractivity contribution in [3.63, 3.8) is 0 Å². The molecule has 4 aliphatic carbocycles. The first kappa shape index (κ1) is 10.4. The molecule has 1 atom stereocenters. The summed E-state index contributed by atoms with van der Waals surface area (Å²) in [6.07, 6.45) is 10.9. The molecule has 5 aliphatic rings. The van der Waals surface area contributed by atoms with Crippen molar-refractivity contribution < 1.29 is 9.53 Å². The second-order valence-electron chi connectivity index (χ2n) is 7.27. The highest BCUT2D eigenvalue weighted by Crippen LogP contribution is 2.62. The Kier molecular flexibility index (Phi) is 2.13. The van der Waals surface area contributed by atoms with E-state index in [-0.39, 0.29) is 11.9 Å². The molecule has 0 radical (unpaired) electrons. The van der Waals surface area contributed by atoms with E-state index in [0.717, 1.165) is 30.6 Å². The van der Waals surface area contributed by atoms with Gasteiger partial charge in [-0.3, -0.25) is 4.79 Å². The van der Waals surface area contributed by atoms with Crippen LogP contribution in [0.1, 0.15) is 51.4 Å². The topological polar surface area (TPSA) is 26.3 Å². The monoisotopic (exact) mass is 234 g/mol. The lowest BCUT2D eigenvalue weighted by atomic mass is 9.48. The van der Waals surface area contributed by atoms with Crippen LogP contribution in [-0.2, 0) is 9.53 Å². The SMILES string of the molecule is O=C1OCCC1CC12CC3CC(CC(C3)C1)C2. The van der Waals surface area contributed by atoms with Gasteiger partial charge in [-0.15, -0.1) is 0 Å². The van der Waals surface area contributed by atoms with E-state index >= 15 is 0 Å². The summed E-state index contributed by atoms with van der Waals surface area (Å²) in [5.74, 6) is 3.34. The van der Waals surface area contributed by atoms with Gasteiger partial charge in [0.1, 0.15) is 0 Å². The van der Waals surface area contributed by atoms with Gasteiger partial charge in [-0.25, -0.2) is 0 Å². The Balaban J connectivity index is 1.54. The number of esters is 1. The number of hydrogen-bond donors (Lipinski definition) is 0. The van der Waals surface area contributed by atoms with Gasteiger partial charge in [0.15, 0.2) is 0 Å². The molecule has 2 heteroatoms. The zero-order valence-corrected chi connectivity index (χ0v) is 10.5. The van der Waals surface area contributed by atoms with Crippen LogP contribution in [0.15, 0.2) is 0 Å². The van der Waals surface area contributed by atoms with Crippen molar-refractivity contribution >= 4 is 5.97 Å². The van der Waals surface area contributed by atoms with E-state index in [1.807, 2.05) is 0 Å². The molecule has 4 bridgehead atoms. The molecule has 0 spiro atoms. The first-order valence-electron chi connectivity index (χ1n) is 7.39. The van der Waals surface area contributed by atoms with Gasteiger partial charge >= 0.3 is 5.97 Å². The van der Waals surface area contributed by atoms with Gasteiger partial charge in [0, 0.05) is 0 Å². The maximum Gasteiger partial charge on any atom is 0.309 e. The fraction of sp³-hybridized carbons (Fsp3) is 0.933. The van der Waals surface area contributed by atoms with Gasteiger partial charge in [-0.1, -0.05) is 0 Å². The summed E-state index contributed by atoms with van der Waals surface area (Å²) >= 11 is 0. The fourth-order valence-electron chi connectivity index (χ4n) is 5.79. The van der Waals surface area contributed by atoms with Crippen LogP contribution in [-0.4, -0.2) is 12.6 Å². The van der Waals surface area contributed by atoms with Crippen molar-refractivity contribution in [3.8, 4) is 0 Å². The van der Waals surface area contributed by atoms with Crippen molar-refractivity contribution in [1.29, 1.82) is 0 Å². The van der Waals surface area contributed by atoms with Crippen LogP contribution in [0.3, 0.4) is 0 Å². The highest BCUT2D eigenvalue weighted by Gasteiger charge is 2.52. The molecule has 5 fully saturated rings. The highest BCUT2D eigenvalue weighted by molar-refractivity contribution is 5.74. The van der Waals surface area contributed by atoms with Crippen LogP contribution in [0.4, 0.5) is 0 Å². The van der Waals surface area contributed by atoms with Gasteiger partial charge in [-0.05, 0) is 74.5 Å². The van der Waals surface area contributed by atoms with Gasteiger partial charge in [0.05, 0.1) is 12.5 Å². The molecule has 0 N–H and O–H groups in total. The predicted octanol–water partition coefficient (Wildman–Crippen LogP) is 3.16. The van der Waals surface area contributed by atoms with E-state index in [1.54, 1.807) is 0 Å². The van der Waals surface area contributed by atoms with Gasteiger partial charge in [-0.2, -0.15) is 0 Å². The molecule has 4 saturated carbocycles. The Hall–Kier alpha value is -0.530. The summed E-state index contributed by atoms with van der Waals surface area (Å²) < 4.78 is 5.14. The van der Waals surface area contributed by atoms with Crippen LogP contribution in [0.5, 0.6) is 0 Å². The molecular weight excluding hydrogens is 212 g/mol. The Bertz CT molecular complexity index is 312. The van der Waals surface area contributed by atoms with Crippen molar-refractivity contribution in [1.82, 2.24) is 0 Å². The van der Waals surface area contributed by atoms with E-state index < -0.39 is 0 Å². The average Bonchev–Trinajstić information content (AvgIpc) is 2.61. The van der Waals surface area contributed by atoms with Crippen LogP contribution in [0.2, 0.25) is 0 Å². The van der Waals surface area contributed by atoms with E-state index in [1.165, 1.54) is 38.5 Å². The molecule has 17 heavy (non-hydrogen) atoms. The predicted molar refractivity (Wildman–Crippen MR) is 64.3 cm³/mol. The summed E-state index contributed by atoms with van der Waals surface area (Å²) in [6, 6.07) is 0. The normalized spacial score (nSPS) is 51.9. The third-order valence-corrected chi connectivity index (χ3v) is 5.89. The van der Waals surface area contributed by atoms with Crippen molar-refractivity contribution in [2.45, 2.75) is 51.4 Å². The zero-order chi connectivity index (χ0) is 11.5. The third-order valence-electron chi connectivity index (χ3n) is 5.89. The van der Waals surface area contributed by atoms with Crippen LogP contribution < -0.4 is 0 Å². The average molecular weight is 234 g/mol. The lowest BCUT2D eigenvalue weighted by Gasteiger charge is -2.57. The van der Waals surface area contributed by atoms with Crippen molar-refractivity contribution in [2.24, 2.45) is 29.1 Å². The van der Waals surface area contributed by atoms with E-state index in [9.17, 15) is 4.79 Å². The molecule has 5 rings (SSSR count). The molecule has 94 valence electrons. The summed E-state index contributed by atoms with van der Waals surface area (Å²) in [5, 5.41) is 0. The Morgan fingerprint density at radius 3 is 2.12 bits per heavy atom. The number of hydrogen-bond acceptors (Lipinski definition) is 2. The highest BCUT2D eigenvalue weighted by atomic mass is 16.5. The fourth-order valence-corrected chi connectivity index (χ4v) is 5.79. The number of cyclic esters (lactones) is 1. The Morgan fingerprint density at radius 2 is 1.65 bits per heavy atom. The van der Waals surface area contributed by atoms with Gasteiger partial charge in [0.2, 0.25) is 0 Å². The Morgan fingerprint density at radius 1 is 1.06 bits per heavy atom. The number of carbonyl (C=O) groups is 1. The maximum absolute atomic E-state index is 11.7. The largest absolute Gasteiger partial charge is 0.465 e. The zero-order valence-electron chi connectivity index (χ0n) is 10.5. The summed E-state index contributed by atoms with van der Waals surface area (Å²) in [7, 11) is 0. The molecule has 0 aromatic carbocycles. The number of rotatable bonds is 2. The quantitative estimate of drug-likeness (QED) is 0.686. The molecule has 0 aromatic rings. The van der Waals surface area contributed by atoms with Crippen molar-refractivity contribution in [2.75, 3.05) is 6.61 Å². The van der Waals surface area contributed by atoms with E-state index in [4.69, 9.17) is 4.74 Å². The molecular formula is C15H22O2. The molecule has 1 unspecified atom stereocenters. The van der Waals surface area contributed by atoms with Crippen molar-refractivity contribution in [3.05, 3.63) is 0 Å². The molecule has 0 aromatic heterocycles. The van der Waals surface area contributed by atoms with Crippen LogP contribution >= 0.6 is 0 Å². The molecule has 1 aliphatic heterocycles. The second kappa shape index (κ2) is 3.49.